The summed E-state index contributed by atoms with van der Waals surface area (Å²) < 4.78 is 6.37. The van der Waals surface area contributed by atoms with Crippen LogP contribution in [0.1, 0.15) is 11.1 Å². The lowest BCUT2D eigenvalue weighted by atomic mass is 10.2. The number of carbonyl (C=O) groups is 1. The highest BCUT2D eigenvalue weighted by atomic mass is 79.9. The van der Waals surface area contributed by atoms with Crippen molar-refractivity contribution in [2.24, 2.45) is 0 Å². The summed E-state index contributed by atoms with van der Waals surface area (Å²) in [5, 5.41) is 3.60. The van der Waals surface area contributed by atoms with Gasteiger partial charge in [0, 0.05) is 21.6 Å². The molecular weight excluding hydrogens is 392 g/mol. The predicted octanol–water partition coefficient (Wildman–Crippen LogP) is 2.44. The zero-order valence-corrected chi connectivity index (χ0v) is 16.1. The largest absolute Gasteiger partial charge is 0.496 e. The highest BCUT2D eigenvalue weighted by Crippen LogP contribution is 2.22. The van der Waals surface area contributed by atoms with E-state index in [1.54, 1.807) is 7.11 Å². The Morgan fingerprint density at radius 2 is 2.08 bits per heavy atom. The van der Waals surface area contributed by atoms with Crippen LogP contribution in [0.5, 0.6) is 5.75 Å². The number of amides is 1. The summed E-state index contributed by atoms with van der Waals surface area (Å²) in [6, 6.07) is 13.4. The number of benzene rings is 2. The van der Waals surface area contributed by atoms with E-state index < -0.39 is 0 Å². The molecule has 0 aliphatic heterocycles. The molecule has 0 aliphatic carbocycles. The second-order valence-corrected chi connectivity index (χ2v) is 7.03. The van der Waals surface area contributed by atoms with E-state index in [4.69, 9.17) is 16.3 Å². The molecule has 0 heterocycles. The molecule has 1 amide bonds. The number of likely N-dealkylation sites (N-methyl/N-ethyl adjacent to an activating group) is 1. The Bertz CT molecular complexity index is 709. The first-order valence-corrected chi connectivity index (χ1v) is 8.80. The number of halogens is 2. The predicted molar refractivity (Wildman–Crippen MR) is 99.5 cm³/mol. The van der Waals surface area contributed by atoms with E-state index in [0.717, 1.165) is 26.2 Å². The zero-order chi connectivity index (χ0) is 17.5. The van der Waals surface area contributed by atoms with Gasteiger partial charge in [-0.2, -0.15) is 0 Å². The summed E-state index contributed by atoms with van der Waals surface area (Å²) in [6.07, 6.45) is 0. The number of ether oxygens (including phenoxy) is 1. The van der Waals surface area contributed by atoms with Crippen LogP contribution in [0.15, 0.2) is 46.9 Å². The maximum atomic E-state index is 12.1. The van der Waals surface area contributed by atoms with Crippen molar-refractivity contribution in [3.05, 3.63) is 63.1 Å². The molecule has 1 unspecified atom stereocenters. The summed E-state index contributed by atoms with van der Waals surface area (Å²) in [5.74, 6) is 0.832. The van der Waals surface area contributed by atoms with Crippen LogP contribution in [0, 0.1) is 0 Å². The third-order valence-corrected chi connectivity index (χ3v) is 4.30. The first-order chi connectivity index (χ1) is 11.5. The highest BCUT2D eigenvalue weighted by Gasteiger charge is 2.13. The molecule has 0 radical (unpaired) electrons. The van der Waals surface area contributed by atoms with Crippen LogP contribution in [0.2, 0.25) is 5.02 Å². The minimum absolute atomic E-state index is 0.00133. The Morgan fingerprint density at radius 3 is 2.79 bits per heavy atom. The van der Waals surface area contributed by atoms with Crippen molar-refractivity contribution in [2.45, 2.75) is 13.1 Å². The summed E-state index contributed by atoms with van der Waals surface area (Å²) in [4.78, 5) is 13.2. The molecule has 0 spiro atoms. The minimum Gasteiger partial charge on any atom is -0.496 e. The lowest BCUT2D eigenvalue weighted by molar-refractivity contribution is -0.885. The molecule has 0 saturated heterocycles. The van der Waals surface area contributed by atoms with Gasteiger partial charge in [-0.15, -0.1) is 0 Å². The standard InChI is InChI=1S/C18H20BrClN2O2/c1-22(11-14-9-15(19)6-7-17(14)24-2)12-18(23)21-10-13-4-3-5-16(20)8-13/h3-9H,10-12H2,1-2H3,(H,21,23)/p+1. The zero-order valence-electron chi connectivity index (χ0n) is 13.7. The Kier molecular flexibility index (Phi) is 7.09. The van der Waals surface area contributed by atoms with E-state index in [2.05, 4.69) is 21.2 Å². The molecule has 4 nitrogen and oxygen atoms in total. The van der Waals surface area contributed by atoms with E-state index in [1.807, 2.05) is 49.5 Å². The van der Waals surface area contributed by atoms with E-state index >= 15 is 0 Å². The topological polar surface area (TPSA) is 42.8 Å². The van der Waals surface area contributed by atoms with E-state index in [0.29, 0.717) is 24.7 Å². The Hall–Kier alpha value is -1.56. The van der Waals surface area contributed by atoms with Gasteiger partial charge in [0.25, 0.3) is 5.91 Å². The average Bonchev–Trinajstić information content (AvgIpc) is 2.53. The lowest BCUT2D eigenvalue weighted by Crippen LogP contribution is -3.08. The van der Waals surface area contributed by atoms with Gasteiger partial charge in [0.15, 0.2) is 6.54 Å². The average molecular weight is 413 g/mol. The van der Waals surface area contributed by atoms with Crippen molar-refractivity contribution in [1.82, 2.24) is 5.32 Å². The molecule has 2 N–H and O–H groups in total. The molecule has 128 valence electrons. The fourth-order valence-electron chi connectivity index (χ4n) is 2.46. The molecule has 0 saturated carbocycles. The van der Waals surface area contributed by atoms with Crippen molar-refractivity contribution in [3.8, 4) is 5.75 Å². The fourth-order valence-corrected chi connectivity index (χ4v) is 3.08. The Labute approximate surface area is 155 Å². The SMILES string of the molecule is COc1ccc(Br)cc1C[NH+](C)CC(=O)NCc1cccc(Cl)c1. The Balaban J connectivity index is 1.86. The molecule has 0 bridgehead atoms. The molecule has 0 aromatic heterocycles. The van der Waals surface area contributed by atoms with Gasteiger partial charge in [0.2, 0.25) is 0 Å². The summed E-state index contributed by atoms with van der Waals surface area (Å²) in [5.41, 5.74) is 2.05. The second-order valence-electron chi connectivity index (χ2n) is 5.67. The molecule has 2 aromatic carbocycles. The monoisotopic (exact) mass is 411 g/mol. The number of rotatable bonds is 7. The maximum Gasteiger partial charge on any atom is 0.275 e. The van der Waals surface area contributed by atoms with Gasteiger partial charge in [0.1, 0.15) is 12.3 Å². The van der Waals surface area contributed by atoms with Crippen LogP contribution < -0.4 is 15.0 Å². The third-order valence-electron chi connectivity index (χ3n) is 3.58. The lowest BCUT2D eigenvalue weighted by Gasteiger charge is -2.16. The van der Waals surface area contributed by atoms with E-state index in [1.165, 1.54) is 0 Å². The first kappa shape index (κ1) is 18.8. The van der Waals surface area contributed by atoms with Crippen LogP contribution in [-0.4, -0.2) is 26.6 Å². The Morgan fingerprint density at radius 1 is 1.29 bits per heavy atom. The number of carbonyl (C=O) groups excluding carboxylic acids is 1. The number of methoxy groups -OCH3 is 1. The van der Waals surface area contributed by atoms with Gasteiger partial charge in [-0.25, -0.2) is 0 Å². The summed E-state index contributed by atoms with van der Waals surface area (Å²) in [6.45, 7) is 1.57. The van der Waals surface area contributed by atoms with Crippen molar-refractivity contribution in [2.75, 3.05) is 20.7 Å². The van der Waals surface area contributed by atoms with Crippen molar-refractivity contribution < 1.29 is 14.4 Å². The fraction of sp³-hybridized carbons (Fsp3) is 0.278. The molecule has 24 heavy (non-hydrogen) atoms. The minimum atomic E-state index is 0.00133. The summed E-state index contributed by atoms with van der Waals surface area (Å²) in [7, 11) is 3.64. The van der Waals surface area contributed by atoms with Gasteiger partial charge in [-0.3, -0.25) is 4.79 Å². The van der Waals surface area contributed by atoms with Gasteiger partial charge >= 0.3 is 0 Å². The van der Waals surface area contributed by atoms with E-state index in [-0.39, 0.29) is 5.91 Å². The molecule has 0 fully saturated rings. The number of hydrogen-bond donors (Lipinski definition) is 2. The quantitative estimate of drug-likeness (QED) is 0.733. The normalized spacial score (nSPS) is 11.8. The molecular formula is C18H21BrClN2O2+. The molecule has 1 atom stereocenters. The molecule has 2 aromatic rings. The first-order valence-electron chi connectivity index (χ1n) is 7.63. The van der Waals surface area contributed by atoms with Crippen LogP contribution >= 0.6 is 27.5 Å². The molecule has 2 rings (SSSR count). The van der Waals surface area contributed by atoms with Gasteiger partial charge < -0.3 is 15.0 Å². The van der Waals surface area contributed by atoms with Crippen molar-refractivity contribution >= 4 is 33.4 Å². The number of quaternary nitrogens is 1. The van der Waals surface area contributed by atoms with Crippen LogP contribution in [0.25, 0.3) is 0 Å². The van der Waals surface area contributed by atoms with Crippen LogP contribution in [0.3, 0.4) is 0 Å². The van der Waals surface area contributed by atoms with Crippen molar-refractivity contribution in [3.63, 3.8) is 0 Å². The number of nitrogens with one attached hydrogen (secondary N) is 2. The third kappa shape index (κ3) is 5.82. The van der Waals surface area contributed by atoms with E-state index in [9.17, 15) is 4.79 Å². The smallest absolute Gasteiger partial charge is 0.275 e. The van der Waals surface area contributed by atoms with Gasteiger partial charge in [0.05, 0.1) is 14.2 Å². The van der Waals surface area contributed by atoms with Gasteiger partial charge in [-0.1, -0.05) is 39.7 Å². The maximum absolute atomic E-state index is 12.1. The summed E-state index contributed by atoms with van der Waals surface area (Å²) >= 11 is 9.41. The second kappa shape index (κ2) is 9.06. The van der Waals surface area contributed by atoms with Crippen molar-refractivity contribution in [1.29, 1.82) is 0 Å². The number of hydrogen-bond acceptors (Lipinski definition) is 2. The molecule has 0 aliphatic rings. The molecule has 6 heteroatoms. The van der Waals surface area contributed by atoms with Crippen LogP contribution in [-0.2, 0) is 17.9 Å². The van der Waals surface area contributed by atoms with Gasteiger partial charge in [-0.05, 0) is 35.9 Å². The highest BCUT2D eigenvalue weighted by molar-refractivity contribution is 9.10. The van der Waals surface area contributed by atoms with Crippen LogP contribution in [0.4, 0.5) is 0 Å².